The molecule has 2 aliphatic rings. The van der Waals surface area contributed by atoms with E-state index < -0.39 is 0 Å². The predicted octanol–water partition coefficient (Wildman–Crippen LogP) is 4.59. The van der Waals surface area contributed by atoms with Crippen LogP contribution in [0, 0.1) is 12.3 Å². The Hall–Kier alpha value is -1.18. The lowest BCUT2D eigenvalue weighted by Gasteiger charge is -2.22. The quantitative estimate of drug-likeness (QED) is 0.866. The highest BCUT2D eigenvalue weighted by Crippen LogP contribution is 2.38. The lowest BCUT2D eigenvalue weighted by atomic mass is 9.92. The van der Waals surface area contributed by atoms with E-state index in [9.17, 15) is 0 Å². The van der Waals surface area contributed by atoms with E-state index in [2.05, 4.69) is 49.2 Å². The van der Waals surface area contributed by atoms with Gasteiger partial charge in [0, 0.05) is 30.5 Å². The number of anilines is 2. The predicted molar refractivity (Wildman–Crippen MR) is 87.7 cm³/mol. The Morgan fingerprint density at radius 2 is 1.95 bits per heavy atom. The van der Waals surface area contributed by atoms with Crippen molar-refractivity contribution in [1.29, 1.82) is 0 Å². The molecule has 110 valence electrons. The van der Waals surface area contributed by atoms with E-state index in [-0.39, 0.29) is 0 Å². The highest BCUT2D eigenvalue weighted by atomic mass is 15.1. The smallest absolute Gasteiger partial charge is 0.0373 e. The molecular formula is C18H28N2. The van der Waals surface area contributed by atoms with Gasteiger partial charge in [-0.2, -0.15) is 0 Å². The summed E-state index contributed by atoms with van der Waals surface area (Å²) in [6.07, 6.45) is 6.63. The van der Waals surface area contributed by atoms with Crippen LogP contribution in [0.25, 0.3) is 0 Å². The molecule has 0 aromatic heterocycles. The molecule has 1 N–H and O–H groups in total. The molecule has 2 nitrogen and oxygen atoms in total. The summed E-state index contributed by atoms with van der Waals surface area (Å²) in [4.78, 5) is 2.51. The number of hydrogen-bond acceptors (Lipinski definition) is 2. The minimum absolute atomic E-state index is 0.515. The van der Waals surface area contributed by atoms with E-state index in [4.69, 9.17) is 0 Å². The molecule has 1 aliphatic carbocycles. The van der Waals surface area contributed by atoms with Crippen molar-refractivity contribution in [2.45, 2.75) is 58.9 Å². The van der Waals surface area contributed by atoms with Crippen LogP contribution in [0.4, 0.5) is 11.4 Å². The standard InChI is InChI=1S/C18H28N2/c1-14-12-16(20-10-4-5-11-20)6-7-17(14)19-15-8-9-18(2,3)13-15/h6-7,12,15,19H,4-5,8-11,13H2,1-3H3. The fraction of sp³-hybridized carbons (Fsp3) is 0.667. The van der Waals surface area contributed by atoms with Gasteiger partial charge >= 0.3 is 0 Å². The molecule has 1 aromatic carbocycles. The zero-order chi connectivity index (χ0) is 14.2. The molecule has 0 amide bonds. The molecule has 3 rings (SSSR count). The molecule has 1 aromatic rings. The minimum Gasteiger partial charge on any atom is -0.382 e. The van der Waals surface area contributed by atoms with E-state index in [0.29, 0.717) is 11.5 Å². The second-order valence-electron chi connectivity index (χ2n) is 7.44. The Kier molecular flexibility index (Phi) is 3.66. The molecule has 2 heteroatoms. The third kappa shape index (κ3) is 2.94. The maximum Gasteiger partial charge on any atom is 0.0373 e. The van der Waals surface area contributed by atoms with E-state index >= 15 is 0 Å². The second kappa shape index (κ2) is 5.31. The molecule has 20 heavy (non-hydrogen) atoms. The Bertz CT molecular complexity index is 472. The monoisotopic (exact) mass is 272 g/mol. The Labute approximate surface area is 123 Å². The summed E-state index contributed by atoms with van der Waals surface area (Å²) in [6, 6.07) is 7.59. The molecule has 2 fully saturated rings. The summed E-state index contributed by atoms with van der Waals surface area (Å²) in [5, 5.41) is 3.76. The number of nitrogens with zero attached hydrogens (tertiary/aromatic N) is 1. The average Bonchev–Trinajstić information content (AvgIpc) is 3.01. The van der Waals surface area contributed by atoms with Crippen LogP contribution >= 0.6 is 0 Å². The molecule has 1 heterocycles. The van der Waals surface area contributed by atoms with Crippen molar-refractivity contribution in [2.24, 2.45) is 5.41 Å². The average molecular weight is 272 g/mol. The molecule has 1 unspecified atom stereocenters. The molecule has 1 saturated carbocycles. The van der Waals surface area contributed by atoms with Crippen LogP contribution in [0.1, 0.15) is 51.5 Å². The van der Waals surface area contributed by atoms with Crippen molar-refractivity contribution in [1.82, 2.24) is 0 Å². The van der Waals surface area contributed by atoms with Gasteiger partial charge in [0.1, 0.15) is 0 Å². The molecule has 1 atom stereocenters. The van der Waals surface area contributed by atoms with Crippen molar-refractivity contribution in [3.63, 3.8) is 0 Å². The number of aryl methyl sites for hydroxylation is 1. The van der Waals surface area contributed by atoms with Gasteiger partial charge in [0.25, 0.3) is 0 Å². The summed E-state index contributed by atoms with van der Waals surface area (Å²) in [6.45, 7) is 9.46. The van der Waals surface area contributed by atoms with Gasteiger partial charge in [-0.3, -0.25) is 0 Å². The maximum atomic E-state index is 3.76. The van der Waals surface area contributed by atoms with Crippen molar-refractivity contribution in [2.75, 3.05) is 23.3 Å². The summed E-state index contributed by atoms with van der Waals surface area (Å²) < 4.78 is 0. The van der Waals surface area contributed by atoms with Crippen LogP contribution in [-0.2, 0) is 0 Å². The van der Waals surface area contributed by atoms with Gasteiger partial charge in [-0.15, -0.1) is 0 Å². The largest absolute Gasteiger partial charge is 0.382 e. The van der Waals surface area contributed by atoms with E-state index in [1.54, 1.807) is 0 Å². The van der Waals surface area contributed by atoms with Crippen molar-refractivity contribution < 1.29 is 0 Å². The first-order chi connectivity index (χ1) is 9.53. The van der Waals surface area contributed by atoms with Crippen LogP contribution < -0.4 is 10.2 Å². The molecule has 0 radical (unpaired) electrons. The second-order valence-corrected chi connectivity index (χ2v) is 7.44. The van der Waals surface area contributed by atoms with Gasteiger partial charge in [0.2, 0.25) is 0 Å². The maximum absolute atomic E-state index is 3.76. The summed E-state index contributed by atoms with van der Waals surface area (Å²) in [5.41, 5.74) is 4.63. The van der Waals surface area contributed by atoms with Gasteiger partial charge in [-0.25, -0.2) is 0 Å². The molecule has 1 saturated heterocycles. The fourth-order valence-electron chi connectivity index (χ4n) is 3.76. The van der Waals surface area contributed by atoms with E-state index in [1.165, 1.54) is 62.1 Å². The molecule has 0 bridgehead atoms. The van der Waals surface area contributed by atoms with E-state index in [0.717, 1.165) is 0 Å². The highest BCUT2D eigenvalue weighted by Gasteiger charge is 2.30. The number of nitrogens with one attached hydrogen (secondary N) is 1. The van der Waals surface area contributed by atoms with Crippen molar-refractivity contribution in [3.8, 4) is 0 Å². The van der Waals surface area contributed by atoms with E-state index in [1.807, 2.05) is 0 Å². The third-order valence-corrected chi connectivity index (χ3v) is 5.01. The van der Waals surface area contributed by atoms with Crippen LogP contribution in [0.2, 0.25) is 0 Å². The highest BCUT2D eigenvalue weighted by molar-refractivity contribution is 5.61. The lowest BCUT2D eigenvalue weighted by molar-refractivity contribution is 0.378. The first kappa shape index (κ1) is 13.8. The Morgan fingerprint density at radius 1 is 1.20 bits per heavy atom. The zero-order valence-electron chi connectivity index (χ0n) is 13.2. The van der Waals surface area contributed by atoms with Gasteiger partial charge in [-0.05, 0) is 68.2 Å². The molecule has 1 aliphatic heterocycles. The van der Waals surface area contributed by atoms with Crippen molar-refractivity contribution in [3.05, 3.63) is 23.8 Å². The van der Waals surface area contributed by atoms with Crippen LogP contribution in [-0.4, -0.2) is 19.1 Å². The van der Waals surface area contributed by atoms with Gasteiger partial charge in [0.15, 0.2) is 0 Å². The Morgan fingerprint density at radius 3 is 2.55 bits per heavy atom. The summed E-state index contributed by atoms with van der Waals surface area (Å²) >= 11 is 0. The van der Waals surface area contributed by atoms with Crippen LogP contribution in [0.15, 0.2) is 18.2 Å². The van der Waals surface area contributed by atoms with Gasteiger partial charge in [0.05, 0.1) is 0 Å². The van der Waals surface area contributed by atoms with Gasteiger partial charge < -0.3 is 10.2 Å². The lowest BCUT2D eigenvalue weighted by Crippen LogP contribution is -2.19. The third-order valence-electron chi connectivity index (χ3n) is 5.01. The zero-order valence-corrected chi connectivity index (χ0v) is 13.2. The van der Waals surface area contributed by atoms with Crippen LogP contribution in [0.5, 0.6) is 0 Å². The minimum atomic E-state index is 0.515. The molecular weight excluding hydrogens is 244 g/mol. The summed E-state index contributed by atoms with van der Waals surface area (Å²) in [5.74, 6) is 0. The topological polar surface area (TPSA) is 15.3 Å². The first-order valence-corrected chi connectivity index (χ1v) is 8.16. The SMILES string of the molecule is Cc1cc(N2CCCC2)ccc1NC1CCC(C)(C)C1. The normalized spacial score (nSPS) is 25.1. The number of rotatable bonds is 3. The van der Waals surface area contributed by atoms with Gasteiger partial charge in [-0.1, -0.05) is 13.8 Å². The summed E-state index contributed by atoms with van der Waals surface area (Å²) in [7, 11) is 0. The molecule has 0 spiro atoms. The van der Waals surface area contributed by atoms with Crippen molar-refractivity contribution >= 4 is 11.4 Å². The first-order valence-electron chi connectivity index (χ1n) is 8.16. The fourth-order valence-corrected chi connectivity index (χ4v) is 3.76. The number of hydrogen-bond donors (Lipinski definition) is 1. The number of benzene rings is 1. The van der Waals surface area contributed by atoms with Crippen LogP contribution in [0.3, 0.4) is 0 Å². The Balaban J connectivity index is 1.68.